The smallest absolute Gasteiger partial charge is 0.472 e. The Bertz CT molecular complexity index is 1100. The molecule has 0 radical (unpaired) electrons. The Kier molecular flexibility index (Phi) is 43.9. The van der Waals surface area contributed by atoms with Crippen LogP contribution in [0.3, 0.4) is 0 Å². The van der Waals surface area contributed by atoms with Crippen molar-refractivity contribution in [2.45, 2.75) is 238 Å². The number of aliphatic carboxylic acids is 1. The first-order valence-corrected chi connectivity index (χ1v) is 26.0. The molecule has 0 amide bonds. The Balaban J connectivity index is 4.17. The second-order valence-electron chi connectivity index (χ2n) is 16.6. The number of nitrogens with two attached hydrogens (primary N) is 1. The highest BCUT2D eigenvalue weighted by atomic mass is 31.2. The van der Waals surface area contributed by atoms with Crippen LogP contribution in [0.4, 0.5) is 0 Å². The second kappa shape index (κ2) is 45.2. The number of phosphoric ester groups is 1. The molecule has 0 spiro atoms. The van der Waals surface area contributed by atoms with Gasteiger partial charge in [-0.1, -0.05) is 185 Å². The molecule has 0 aromatic heterocycles. The van der Waals surface area contributed by atoms with Crippen LogP contribution in [0, 0.1) is 0 Å². The van der Waals surface area contributed by atoms with Crippen molar-refractivity contribution < 1.29 is 42.7 Å². The quantitative estimate of drug-likeness (QED) is 0.0233. The fraction of sp³-hybridized carbons (Fsp3) is 0.837. The van der Waals surface area contributed by atoms with Gasteiger partial charge in [0.05, 0.1) is 19.8 Å². The fourth-order valence-electron chi connectivity index (χ4n) is 6.81. The number of carboxylic acids is 1. The lowest BCUT2D eigenvalue weighted by Crippen LogP contribution is -2.34. The molecule has 0 aliphatic carbocycles. The van der Waals surface area contributed by atoms with Crippen LogP contribution in [0.25, 0.3) is 0 Å². The number of unbranched alkanes of at least 4 members (excludes halogenated alkanes) is 27. The highest BCUT2D eigenvalue weighted by Crippen LogP contribution is 2.43. The van der Waals surface area contributed by atoms with Gasteiger partial charge in [0.2, 0.25) is 0 Å². The molecule has 0 aliphatic rings. The Morgan fingerprint density at radius 3 is 1.40 bits per heavy atom. The van der Waals surface area contributed by atoms with E-state index in [1.165, 1.54) is 148 Å². The molecule has 0 fully saturated rings. The van der Waals surface area contributed by atoms with Crippen molar-refractivity contribution in [3.63, 3.8) is 0 Å². The minimum absolute atomic E-state index is 0.0146. The Morgan fingerprint density at radius 2 is 0.917 bits per heavy atom. The third-order valence-electron chi connectivity index (χ3n) is 10.6. The summed E-state index contributed by atoms with van der Waals surface area (Å²) in [5.41, 5.74) is 5.37. The summed E-state index contributed by atoms with van der Waals surface area (Å²) in [7, 11) is -4.62. The van der Waals surface area contributed by atoms with Crippen molar-refractivity contribution in [3.8, 4) is 0 Å². The first-order valence-electron chi connectivity index (χ1n) is 24.5. The summed E-state index contributed by atoms with van der Waals surface area (Å²) in [5, 5.41) is 8.92. The lowest BCUT2D eigenvalue weighted by Gasteiger charge is -2.20. The third-order valence-corrected chi connectivity index (χ3v) is 11.6. The van der Waals surface area contributed by atoms with E-state index in [4.69, 9.17) is 29.4 Å². The monoisotopic (exact) mass is 870 g/mol. The van der Waals surface area contributed by atoms with Gasteiger partial charge in [-0.05, 0) is 70.6 Å². The lowest BCUT2D eigenvalue weighted by atomic mass is 10.1. The average molecular weight is 870 g/mol. The minimum atomic E-state index is -4.62. The van der Waals surface area contributed by atoms with Gasteiger partial charge in [0.25, 0.3) is 0 Å². The number of esters is 1. The third kappa shape index (κ3) is 44.3. The molecular weight excluding hydrogens is 778 g/mol. The molecule has 10 nitrogen and oxygen atoms in total. The molecular formula is C49H92NO9P. The highest BCUT2D eigenvalue weighted by Gasteiger charge is 2.27. The molecule has 352 valence electrons. The van der Waals surface area contributed by atoms with Crippen LogP contribution >= 0.6 is 7.82 Å². The summed E-state index contributed by atoms with van der Waals surface area (Å²) >= 11 is 0. The zero-order chi connectivity index (χ0) is 44.0. The second-order valence-corrected chi connectivity index (χ2v) is 18.0. The largest absolute Gasteiger partial charge is 0.480 e. The van der Waals surface area contributed by atoms with Crippen LogP contribution in [-0.2, 0) is 32.7 Å². The summed E-state index contributed by atoms with van der Waals surface area (Å²) in [6.07, 6.45) is 51.9. The van der Waals surface area contributed by atoms with E-state index in [1.807, 2.05) is 0 Å². The maximum Gasteiger partial charge on any atom is 0.472 e. The van der Waals surface area contributed by atoms with Gasteiger partial charge in [0, 0.05) is 13.0 Å². The summed E-state index contributed by atoms with van der Waals surface area (Å²) in [6, 6.07) is -1.47. The molecule has 3 atom stereocenters. The number of carboxylic acid groups (broad SMARTS) is 1. The zero-order valence-electron chi connectivity index (χ0n) is 38.6. The van der Waals surface area contributed by atoms with Crippen molar-refractivity contribution in [3.05, 3.63) is 36.5 Å². The Labute approximate surface area is 367 Å². The number of carbonyl (C=O) groups excluding carboxylic acids is 1. The normalized spacial score (nSPS) is 14.1. The van der Waals surface area contributed by atoms with Gasteiger partial charge < -0.3 is 25.2 Å². The van der Waals surface area contributed by atoms with Crippen LogP contribution in [0.1, 0.15) is 226 Å². The number of ether oxygens (including phenoxy) is 2. The molecule has 0 rings (SSSR count). The molecule has 0 aromatic carbocycles. The number of allylic oxidation sites excluding steroid dienone is 6. The van der Waals surface area contributed by atoms with Crippen LogP contribution in [0.5, 0.6) is 0 Å². The van der Waals surface area contributed by atoms with Crippen LogP contribution in [-0.4, -0.2) is 60.5 Å². The van der Waals surface area contributed by atoms with Gasteiger partial charge in [-0.25, -0.2) is 4.57 Å². The summed E-state index contributed by atoms with van der Waals surface area (Å²) in [6.45, 7) is 3.87. The van der Waals surface area contributed by atoms with E-state index in [0.29, 0.717) is 13.0 Å². The first kappa shape index (κ1) is 58.2. The number of rotatable bonds is 47. The van der Waals surface area contributed by atoms with E-state index in [9.17, 15) is 19.0 Å². The molecule has 60 heavy (non-hydrogen) atoms. The topological polar surface area (TPSA) is 155 Å². The van der Waals surface area contributed by atoms with E-state index in [-0.39, 0.29) is 13.0 Å². The Hall–Kier alpha value is -1.81. The first-order chi connectivity index (χ1) is 29.2. The number of hydrogen-bond donors (Lipinski definition) is 3. The standard InChI is InChI=1S/C49H92NO9P/c1-3-5-7-9-11-13-15-17-19-21-23-25-27-29-31-33-35-37-39-41-48(51)59-46(44-57-60(54,55)58-45-47(50)49(52)53)43-56-42-40-38-36-34-32-30-28-26-24-22-20-18-16-14-12-10-8-6-4-2/h11,13,17,19-20,22,46-47H,3-10,12,14-16,18,21,23-45,50H2,1-2H3,(H,52,53)(H,54,55)/b13-11-,19-17-,22-20-. The number of phosphoric acid groups is 1. The molecule has 11 heteroatoms. The van der Waals surface area contributed by atoms with Gasteiger partial charge in [0.15, 0.2) is 0 Å². The van der Waals surface area contributed by atoms with Crippen LogP contribution in [0.15, 0.2) is 36.5 Å². The van der Waals surface area contributed by atoms with Crippen molar-refractivity contribution in [1.82, 2.24) is 0 Å². The maximum atomic E-state index is 12.7. The molecule has 0 aromatic rings. The van der Waals surface area contributed by atoms with Crippen molar-refractivity contribution >= 4 is 19.8 Å². The fourth-order valence-corrected chi connectivity index (χ4v) is 7.58. The van der Waals surface area contributed by atoms with E-state index < -0.39 is 45.1 Å². The summed E-state index contributed by atoms with van der Waals surface area (Å²) in [5.74, 6) is -1.78. The van der Waals surface area contributed by atoms with Crippen LogP contribution in [0.2, 0.25) is 0 Å². The zero-order valence-corrected chi connectivity index (χ0v) is 39.5. The molecule has 4 N–H and O–H groups in total. The minimum Gasteiger partial charge on any atom is -0.480 e. The van der Waals surface area contributed by atoms with Gasteiger partial charge in [0.1, 0.15) is 12.1 Å². The molecule has 0 aliphatic heterocycles. The predicted molar refractivity (Wildman–Crippen MR) is 249 cm³/mol. The Morgan fingerprint density at radius 1 is 0.533 bits per heavy atom. The van der Waals surface area contributed by atoms with Gasteiger partial charge in [-0.3, -0.25) is 18.6 Å². The lowest BCUT2D eigenvalue weighted by molar-refractivity contribution is -0.154. The van der Waals surface area contributed by atoms with E-state index in [1.54, 1.807) is 0 Å². The van der Waals surface area contributed by atoms with Crippen molar-refractivity contribution in [1.29, 1.82) is 0 Å². The molecule has 0 bridgehead atoms. The van der Waals surface area contributed by atoms with E-state index in [2.05, 4.69) is 50.3 Å². The van der Waals surface area contributed by atoms with Gasteiger partial charge >= 0.3 is 19.8 Å². The average Bonchev–Trinajstić information content (AvgIpc) is 3.23. The van der Waals surface area contributed by atoms with Gasteiger partial charge in [-0.2, -0.15) is 0 Å². The van der Waals surface area contributed by atoms with Gasteiger partial charge in [-0.15, -0.1) is 0 Å². The number of carbonyl (C=O) groups is 2. The predicted octanol–water partition coefficient (Wildman–Crippen LogP) is 14.0. The summed E-state index contributed by atoms with van der Waals surface area (Å²) in [4.78, 5) is 33.6. The summed E-state index contributed by atoms with van der Waals surface area (Å²) < 4.78 is 33.5. The molecule has 3 unspecified atom stereocenters. The van der Waals surface area contributed by atoms with Crippen molar-refractivity contribution in [2.75, 3.05) is 26.4 Å². The van der Waals surface area contributed by atoms with Crippen LogP contribution < -0.4 is 5.73 Å². The molecule has 0 saturated heterocycles. The maximum absolute atomic E-state index is 12.7. The number of hydrogen-bond acceptors (Lipinski definition) is 8. The van der Waals surface area contributed by atoms with E-state index >= 15 is 0 Å². The highest BCUT2D eigenvalue weighted by molar-refractivity contribution is 7.47. The van der Waals surface area contributed by atoms with E-state index in [0.717, 1.165) is 51.4 Å². The SMILES string of the molecule is CCCCC/C=C\C/C=C\CCCCCCCCCCCC(=O)OC(COCCCCCCCCCC/C=C\CCCCCCCCC)COP(=O)(O)OCC(N)C(=O)O. The molecule has 0 saturated carbocycles. The van der Waals surface area contributed by atoms with Crippen molar-refractivity contribution in [2.24, 2.45) is 5.73 Å². The molecule has 0 heterocycles.